The number of aromatic hydroxyl groups is 1. The minimum Gasteiger partial charge on any atom is -0.507 e. The van der Waals surface area contributed by atoms with Gasteiger partial charge in [0, 0.05) is 18.2 Å². The monoisotopic (exact) mass is 418 g/mol. The molecule has 8 nitrogen and oxygen atoms in total. The van der Waals surface area contributed by atoms with Gasteiger partial charge in [0.1, 0.15) is 17.3 Å². The third-order valence-corrected chi connectivity index (χ3v) is 5.37. The maximum atomic E-state index is 12.6. The number of amidine groups is 2. The van der Waals surface area contributed by atoms with Gasteiger partial charge >= 0.3 is 0 Å². The Balaban J connectivity index is 2.47. The number of methoxy groups -OCH3 is 1. The van der Waals surface area contributed by atoms with Crippen LogP contribution in [0.2, 0.25) is 0 Å². The Morgan fingerprint density at radius 1 is 1.17 bits per heavy atom. The van der Waals surface area contributed by atoms with Crippen LogP contribution in [0.5, 0.6) is 11.5 Å². The number of ether oxygens (including phenoxy) is 1. The van der Waals surface area contributed by atoms with Gasteiger partial charge in [0.05, 0.1) is 18.8 Å². The first-order valence-corrected chi connectivity index (χ1v) is 10.4. The van der Waals surface area contributed by atoms with Gasteiger partial charge in [-0.25, -0.2) is 0 Å². The van der Waals surface area contributed by atoms with Crippen molar-refractivity contribution in [2.45, 2.75) is 77.5 Å². The average molecular weight is 419 g/mol. The first-order chi connectivity index (χ1) is 14.1. The van der Waals surface area contributed by atoms with Crippen LogP contribution in [-0.2, 0) is 4.79 Å². The highest BCUT2D eigenvalue weighted by molar-refractivity contribution is 6.40. The summed E-state index contributed by atoms with van der Waals surface area (Å²) in [7, 11) is 1.53. The molecular weight excluding hydrogens is 384 g/mol. The first-order valence-electron chi connectivity index (χ1n) is 10.4. The molecule has 1 aliphatic rings. The Labute approximate surface area is 178 Å². The summed E-state index contributed by atoms with van der Waals surface area (Å²) < 4.78 is 5.36. The van der Waals surface area contributed by atoms with E-state index >= 15 is 0 Å². The van der Waals surface area contributed by atoms with Gasteiger partial charge in [0.25, 0.3) is 5.91 Å². The Morgan fingerprint density at radius 2 is 1.77 bits per heavy atom. The molecule has 0 aliphatic heterocycles. The third-order valence-electron chi connectivity index (χ3n) is 5.37. The summed E-state index contributed by atoms with van der Waals surface area (Å²) in [6.45, 7) is 7.59. The SMILES string of the molecule is COc1cc(O)c(C(=N)N(C(=N)C(=O)NC(C)C)C2CCC(O)CC2)cc1C(C)C. The number of nitrogens with zero attached hydrogens (tertiary/aromatic N) is 1. The molecule has 0 bridgehead atoms. The highest BCUT2D eigenvalue weighted by Gasteiger charge is 2.34. The van der Waals surface area contributed by atoms with Crippen LogP contribution in [0, 0.1) is 10.8 Å². The number of phenolic OH excluding ortho intramolecular Hbond substituents is 1. The van der Waals surface area contributed by atoms with Crippen molar-refractivity contribution in [2.24, 2.45) is 0 Å². The zero-order valence-corrected chi connectivity index (χ0v) is 18.5. The van der Waals surface area contributed by atoms with E-state index in [1.165, 1.54) is 18.1 Å². The molecule has 2 rings (SSSR count). The van der Waals surface area contributed by atoms with Gasteiger partial charge < -0.3 is 25.2 Å². The van der Waals surface area contributed by atoms with E-state index in [9.17, 15) is 15.0 Å². The van der Waals surface area contributed by atoms with Crippen LogP contribution in [0.1, 0.15) is 70.4 Å². The number of benzene rings is 1. The zero-order chi connectivity index (χ0) is 22.6. The van der Waals surface area contributed by atoms with Crippen LogP contribution >= 0.6 is 0 Å². The fourth-order valence-electron chi connectivity index (χ4n) is 3.77. The van der Waals surface area contributed by atoms with Gasteiger partial charge in [0.2, 0.25) is 0 Å². The molecule has 166 valence electrons. The number of hydrogen-bond donors (Lipinski definition) is 5. The lowest BCUT2D eigenvalue weighted by molar-refractivity contribution is -0.116. The number of amides is 1. The molecular formula is C22H34N4O4. The normalized spacial score (nSPS) is 18.9. The van der Waals surface area contributed by atoms with Gasteiger partial charge in [-0.1, -0.05) is 13.8 Å². The number of nitrogens with one attached hydrogen (secondary N) is 3. The Bertz CT molecular complexity index is 799. The molecule has 0 unspecified atom stereocenters. The van der Waals surface area contributed by atoms with Gasteiger partial charge in [-0.2, -0.15) is 0 Å². The lowest BCUT2D eigenvalue weighted by Crippen LogP contribution is -2.52. The molecule has 30 heavy (non-hydrogen) atoms. The molecule has 0 atom stereocenters. The summed E-state index contributed by atoms with van der Waals surface area (Å²) in [6, 6.07) is 2.73. The molecule has 0 aromatic heterocycles. The maximum absolute atomic E-state index is 12.6. The number of hydrogen-bond acceptors (Lipinski definition) is 6. The Morgan fingerprint density at radius 3 is 2.27 bits per heavy atom. The summed E-state index contributed by atoms with van der Waals surface area (Å²) in [4.78, 5) is 14.0. The summed E-state index contributed by atoms with van der Waals surface area (Å²) >= 11 is 0. The van der Waals surface area contributed by atoms with Crippen molar-refractivity contribution in [1.29, 1.82) is 10.8 Å². The van der Waals surface area contributed by atoms with Crippen LogP contribution in [0.25, 0.3) is 0 Å². The van der Waals surface area contributed by atoms with Crippen LogP contribution in [0.3, 0.4) is 0 Å². The summed E-state index contributed by atoms with van der Waals surface area (Å²) in [5, 5.41) is 40.5. The fraction of sp³-hybridized carbons (Fsp3) is 0.591. The van der Waals surface area contributed by atoms with E-state index in [-0.39, 0.29) is 41.0 Å². The largest absolute Gasteiger partial charge is 0.507 e. The van der Waals surface area contributed by atoms with Gasteiger partial charge in [-0.05, 0) is 57.1 Å². The zero-order valence-electron chi connectivity index (χ0n) is 18.5. The molecule has 8 heteroatoms. The van der Waals surface area contributed by atoms with E-state index in [1.807, 2.05) is 27.7 Å². The fourth-order valence-corrected chi connectivity index (χ4v) is 3.77. The topological polar surface area (TPSA) is 130 Å². The predicted octanol–water partition coefficient (Wildman–Crippen LogP) is 2.96. The van der Waals surface area contributed by atoms with Gasteiger partial charge in [-0.3, -0.25) is 15.6 Å². The molecule has 1 fully saturated rings. The number of rotatable bonds is 5. The third kappa shape index (κ3) is 5.30. The van der Waals surface area contributed by atoms with Crippen LogP contribution in [0.15, 0.2) is 12.1 Å². The Hall–Kier alpha value is -2.61. The predicted molar refractivity (Wildman–Crippen MR) is 117 cm³/mol. The van der Waals surface area contributed by atoms with E-state index in [4.69, 9.17) is 15.6 Å². The highest BCUT2D eigenvalue weighted by Crippen LogP contribution is 2.35. The van der Waals surface area contributed by atoms with Crippen molar-refractivity contribution in [1.82, 2.24) is 10.2 Å². The van der Waals surface area contributed by atoms with E-state index in [2.05, 4.69) is 5.32 Å². The molecule has 0 spiro atoms. The molecule has 1 aromatic rings. The lowest BCUT2D eigenvalue weighted by Gasteiger charge is -2.37. The smallest absolute Gasteiger partial charge is 0.286 e. The quantitative estimate of drug-likeness (QED) is 0.371. The number of phenols is 1. The molecule has 5 N–H and O–H groups in total. The Kier molecular flexibility index (Phi) is 7.83. The van der Waals surface area contributed by atoms with Crippen molar-refractivity contribution < 1.29 is 19.7 Å². The summed E-state index contributed by atoms with van der Waals surface area (Å²) in [5.41, 5.74) is 1.07. The second kappa shape index (κ2) is 9.93. The standard InChI is InChI=1S/C22H34N4O4/c1-12(2)16-10-17(18(28)11-19(16)30-5)20(23)26(14-6-8-15(27)9-7-14)21(24)22(29)25-13(3)4/h10-15,23-24,27-28H,6-9H2,1-5H3,(H,25,29). The molecule has 1 aromatic carbocycles. The van der Waals surface area contributed by atoms with Crippen molar-refractivity contribution in [3.05, 3.63) is 23.3 Å². The number of aliphatic hydroxyl groups is 1. The van der Waals surface area contributed by atoms with Crippen LogP contribution in [0.4, 0.5) is 0 Å². The molecule has 1 amide bonds. The second-order valence-corrected chi connectivity index (χ2v) is 8.42. The molecule has 1 aliphatic carbocycles. The van der Waals surface area contributed by atoms with Crippen molar-refractivity contribution in [2.75, 3.05) is 7.11 Å². The minimum atomic E-state index is -0.571. The van der Waals surface area contributed by atoms with E-state index < -0.39 is 12.0 Å². The van der Waals surface area contributed by atoms with Crippen molar-refractivity contribution >= 4 is 17.6 Å². The van der Waals surface area contributed by atoms with Crippen molar-refractivity contribution in [3.63, 3.8) is 0 Å². The van der Waals surface area contributed by atoms with E-state index in [0.717, 1.165) is 5.56 Å². The first kappa shape index (κ1) is 23.7. The maximum Gasteiger partial charge on any atom is 0.286 e. The van der Waals surface area contributed by atoms with Gasteiger partial charge in [-0.15, -0.1) is 0 Å². The lowest BCUT2D eigenvalue weighted by atomic mass is 9.90. The van der Waals surface area contributed by atoms with E-state index in [1.54, 1.807) is 6.07 Å². The number of carbonyl (C=O) groups excluding carboxylic acids is 1. The molecule has 0 saturated heterocycles. The number of aliphatic hydroxyl groups excluding tert-OH is 1. The van der Waals surface area contributed by atoms with Crippen molar-refractivity contribution in [3.8, 4) is 11.5 Å². The van der Waals surface area contributed by atoms with Gasteiger partial charge in [0.15, 0.2) is 5.84 Å². The number of carbonyl (C=O) groups is 1. The molecule has 0 heterocycles. The summed E-state index contributed by atoms with van der Waals surface area (Å²) in [5.74, 6) is -0.538. The van der Waals surface area contributed by atoms with Crippen LogP contribution < -0.4 is 10.1 Å². The average Bonchev–Trinajstić information content (AvgIpc) is 2.68. The minimum absolute atomic E-state index is 0.0917. The van der Waals surface area contributed by atoms with E-state index in [0.29, 0.717) is 31.4 Å². The highest BCUT2D eigenvalue weighted by atomic mass is 16.5. The summed E-state index contributed by atoms with van der Waals surface area (Å²) in [6.07, 6.45) is 1.78. The molecule has 0 radical (unpaired) electrons. The second-order valence-electron chi connectivity index (χ2n) is 8.42. The molecule has 1 saturated carbocycles. The van der Waals surface area contributed by atoms with Crippen LogP contribution in [-0.4, -0.2) is 58.0 Å².